The lowest BCUT2D eigenvalue weighted by molar-refractivity contribution is -0.119. The Morgan fingerprint density at radius 3 is 2.35 bits per heavy atom. The zero-order chi connectivity index (χ0) is 25.8. The molecule has 184 valence electrons. The number of ether oxygens (including phenoxy) is 2. The van der Waals surface area contributed by atoms with E-state index in [4.69, 9.17) is 13.9 Å². The molecular formula is C29H22N2O6. The Bertz CT molecular complexity index is 1580. The van der Waals surface area contributed by atoms with Crippen molar-refractivity contribution < 1.29 is 28.3 Å². The lowest BCUT2D eigenvalue weighted by Crippen LogP contribution is -2.21. The first-order valence-electron chi connectivity index (χ1n) is 11.7. The van der Waals surface area contributed by atoms with Crippen LogP contribution in [0.4, 0.5) is 5.69 Å². The van der Waals surface area contributed by atoms with Gasteiger partial charge < -0.3 is 19.2 Å². The number of nitrogens with one attached hydrogen (secondary N) is 1. The van der Waals surface area contributed by atoms with Crippen LogP contribution in [0.5, 0.6) is 0 Å². The molecule has 0 spiro atoms. The first-order chi connectivity index (χ1) is 18.0. The highest BCUT2D eigenvalue weighted by molar-refractivity contribution is 6.10. The number of rotatable bonds is 7. The number of amides is 1. The van der Waals surface area contributed by atoms with Crippen molar-refractivity contribution in [2.24, 2.45) is 0 Å². The number of benzene rings is 4. The van der Waals surface area contributed by atoms with E-state index < -0.39 is 24.5 Å². The zero-order valence-electron chi connectivity index (χ0n) is 19.9. The molecule has 1 heterocycles. The summed E-state index contributed by atoms with van der Waals surface area (Å²) in [5.74, 6) is -1.23. The van der Waals surface area contributed by atoms with E-state index in [1.807, 2.05) is 48.5 Å². The van der Waals surface area contributed by atoms with Crippen LogP contribution in [0.1, 0.15) is 27.6 Å². The fourth-order valence-electron chi connectivity index (χ4n) is 3.99. The van der Waals surface area contributed by atoms with Gasteiger partial charge in [-0.2, -0.15) is 0 Å². The van der Waals surface area contributed by atoms with Gasteiger partial charge in [0.05, 0.1) is 17.7 Å². The molecule has 0 saturated heterocycles. The summed E-state index contributed by atoms with van der Waals surface area (Å²) in [5, 5.41) is 4.07. The van der Waals surface area contributed by atoms with Crippen LogP contribution in [0.15, 0.2) is 89.3 Å². The van der Waals surface area contributed by atoms with Crippen molar-refractivity contribution in [2.45, 2.75) is 6.92 Å². The van der Waals surface area contributed by atoms with E-state index in [9.17, 15) is 14.4 Å². The third-order valence-corrected chi connectivity index (χ3v) is 5.66. The molecule has 1 N–H and O–H groups in total. The van der Waals surface area contributed by atoms with Crippen LogP contribution in [0, 0.1) is 0 Å². The number of anilines is 1. The number of para-hydroxylation sites is 2. The fraction of sp³-hybridized carbons (Fsp3) is 0.103. The summed E-state index contributed by atoms with van der Waals surface area (Å²) >= 11 is 0. The monoisotopic (exact) mass is 494 g/mol. The maximum absolute atomic E-state index is 13.0. The summed E-state index contributed by atoms with van der Waals surface area (Å²) in [6.07, 6.45) is 0. The molecule has 0 atom stereocenters. The van der Waals surface area contributed by atoms with Gasteiger partial charge in [-0.05, 0) is 60.8 Å². The number of carbonyl (C=O) groups is 3. The van der Waals surface area contributed by atoms with Crippen molar-refractivity contribution in [2.75, 3.05) is 18.5 Å². The molecule has 0 unspecified atom stereocenters. The normalized spacial score (nSPS) is 10.8. The van der Waals surface area contributed by atoms with Crippen LogP contribution < -0.4 is 5.32 Å². The van der Waals surface area contributed by atoms with Crippen molar-refractivity contribution in [3.05, 3.63) is 96.1 Å². The molecule has 0 aliphatic carbocycles. The number of carbonyl (C=O) groups excluding carboxylic acids is 3. The van der Waals surface area contributed by atoms with Crippen LogP contribution in [0.2, 0.25) is 0 Å². The number of aromatic nitrogens is 1. The second-order valence-corrected chi connectivity index (χ2v) is 8.12. The van der Waals surface area contributed by atoms with Crippen LogP contribution in [-0.4, -0.2) is 36.0 Å². The average Bonchev–Trinajstić information content (AvgIpc) is 3.36. The third kappa shape index (κ3) is 5.04. The van der Waals surface area contributed by atoms with Crippen molar-refractivity contribution >= 4 is 45.4 Å². The Morgan fingerprint density at radius 2 is 1.59 bits per heavy atom. The van der Waals surface area contributed by atoms with Crippen molar-refractivity contribution in [3.63, 3.8) is 0 Å². The summed E-state index contributed by atoms with van der Waals surface area (Å²) in [5.41, 5.74) is 3.12. The summed E-state index contributed by atoms with van der Waals surface area (Å²) < 4.78 is 16.2. The molecule has 0 aliphatic rings. The van der Waals surface area contributed by atoms with Crippen molar-refractivity contribution in [1.29, 1.82) is 0 Å². The van der Waals surface area contributed by atoms with Crippen LogP contribution in [-0.2, 0) is 14.3 Å². The number of nitrogens with zero attached hydrogens (tertiary/aromatic N) is 1. The van der Waals surface area contributed by atoms with E-state index in [2.05, 4.69) is 10.3 Å². The maximum atomic E-state index is 13.0. The Morgan fingerprint density at radius 1 is 0.838 bits per heavy atom. The Balaban J connectivity index is 1.33. The Kier molecular flexibility index (Phi) is 6.63. The van der Waals surface area contributed by atoms with E-state index in [1.165, 1.54) is 0 Å². The van der Waals surface area contributed by atoms with Gasteiger partial charge in [-0.25, -0.2) is 14.6 Å². The van der Waals surface area contributed by atoms with E-state index in [1.54, 1.807) is 43.3 Å². The highest BCUT2D eigenvalue weighted by atomic mass is 16.5. The van der Waals surface area contributed by atoms with Gasteiger partial charge in [-0.15, -0.1) is 0 Å². The molecule has 0 radical (unpaired) electrons. The van der Waals surface area contributed by atoms with Gasteiger partial charge in [0.15, 0.2) is 12.2 Å². The molecule has 0 aliphatic heterocycles. The van der Waals surface area contributed by atoms with Gasteiger partial charge in [0.25, 0.3) is 5.91 Å². The van der Waals surface area contributed by atoms with Crippen LogP contribution in [0.25, 0.3) is 33.3 Å². The lowest BCUT2D eigenvalue weighted by Gasteiger charge is -2.11. The number of oxazole rings is 1. The predicted molar refractivity (Wildman–Crippen MR) is 138 cm³/mol. The van der Waals surface area contributed by atoms with Crippen LogP contribution in [0.3, 0.4) is 0 Å². The fourth-order valence-corrected chi connectivity index (χ4v) is 3.99. The van der Waals surface area contributed by atoms with Crippen LogP contribution >= 0.6 is 0 Å². The Hall–Kier alpha value is -4.98. The first kappa shape index (κ1) is 23.7. The Labute approximate surface area is 211 Å². The quantitative estimate of drug-likeness (QED) is 0.293. The topological polar surface area (TPSA) is 108 Å². The minimum atomic E-state index is -0.651. The highest BCUT2D eigenvalue weighted by Crippen LogP contribution is 2.33. The minimum Gasteiger partial charge on any atom is -0.462 e. The van der Waals surface area contributed by atoms with Gasteiger partial charge in [0, 0.05) is 16.6 Å². The smallest absolute Gasteiger partial charge is 0.339 e. The molecule has 5 rings (SSSR count). The molecule has 1 aromatic heterocycles. The number of hydrogen-bond donors (Lipinski definition) is 1. The third-order valence-electron chi connectivity index (χ3n) is 5.66. The second kappa shape index (κ2) is 10.3. The molecule has 1 amide bonds. The molecule has 37 heavy (non-hydrogen) atoms. The number of hydrogen-bond acceptors (Lipinski definition) is 7. The maximum Gasteiger partial charge on any atom is 0.339 e. The van der Waals surface area contributed by atoms with Gasteiger partial charge in [-0.1, -0.05) is 36.4 Å². The molecule has 8 heteroatoms. The number of esters is 2. The average molecular weight is 495 g/mol. The first-order valence-corrected chi connectivity index (χ1v) is 11.7. The highest BCUT2D eigenvalue weighted by Gasteiger charge is 2.19. The second-order valence-electron chi connectivity index (χ2n) is 8.12. The molecular weight excluding hydrogens is 472 g/mol. The van der Waals surface area contributed by atoms with E-state index >= 15 is 0 Å². The van der Waals surface area contributed by atoms with E-state index in [0.29, 0.717) is 44.8 Å². The van der Waals surface area contributed by atoms with Crippen molar-refractivity contribution in [1.82, 2.24) is 4.98 Å². The van der Waals surface area contributed by atoms with Crippen molar-refractivity contribution in [3.8, 4) is 11.5 Å². The predicted octanol–water partition coefficient (Wildman–Crippen LogP) is 5.62. The molecule has 0 bridgehead atoms. The summed E-state index contributed by atoms with van der Waals surface area (Å²) in [6, 6.07) is 24.5. The summed E-state index contributed by atoms with van der Waals surface area (Å²) in [6.45, 7) is 1.51. The zero-order valence-corrected chi connectivity index (χ0v) is 19.9. The molecule has 8 nitrogen and oxygen atoms in total. The molecule has 4 aromatic carbocycles. The van der Waals surface area contributed by atoms with Gasteiger partial charge >= 0.3 is 11.9 Å². The molecule has 0 fully saturated rings. The van der Waals surface area contributed by atoms with E-state index in [0.717, 1.165) is 5.39 Å². The molecule has 0 saturated carbocycles. The van der Waals surface area contributed by atoms with Gasteiger partial charge in [0.2, 0.25) is 5.89 Å². The summed E-state index contributed by atoms with van der Waals surface area (Å²) in [4.78, 5) is 41.8. The van der Waals surface area contributed by atoms with E-state index in [-0.39, 0.29) is 6.61 Å². The SMILES string of the molecule is CCOC(=O)c1ccc(NC(=O)COC(=O)c2cccc3cccc(-c4nc5ccccc5o4)c23)cc1. The number of fused-ring (bicyclic) bond motifs is 2. The standard InChI is InChI=1S/C29H22N2O6/c1-2-35-28(33)19-13-15-20(16-14-19)30-25(32)17-36-29(34)22-10-6-8-18-7-5-9-21(26(18)22)27-31-23-11-3-4-12-24(23)37-27/h3-16H,2,17H2,1H3,(H,30,32). The van der Waals surface area contributed by atoms with Gasteiger partial charge in [0.1, 0.15) is 5.52 Å². The lowest BCUT2D eigenvalue weighted by atomic mass is 9.99. The largest absolute Gasteiger partial charge is 0.462 e. The minimum absolute atomic E-state index is 0.273. The van der Waals surface area contributed by atoms with Gasteiger partial charge in [-0.3, -0.25) is 4.79 Å². The summed E-state index contributed by atoms with van der Waals surface area (Å²) in [7, 11) is 0. The molecule has 5 aromatic rings.